The SMILES string of the molecule is CC(=O)C(=O)O.CC(=O)C(=O)O.CC(=O)C(=O)O. The first-order valence-electron chi connectivity index (χ1n) is 4.15. The lowest BCUT2D eigenvalue weighted by atomic mass is 10.5. The highest BCUT2D eigenvalue weighted by molar-refractivity contribution is 6.32. The number of carbonyl (C=O) groups excluding carboxylic acids is 3. The largest absolute Gasteiger partial charge is 0.476 e. The summed E-state index contributed by atoms with van der Waals surface area (Å²) in [5, 5.41) is 22.9. The van der Waals surface area contributed by atoms with Gasteiger partial charge in [-0.05, 0) is 0 Å². The van der Waals surface area contributed by atoms with Gasteiger partial charge in [0.05, 0.1) is 0 Å². The Labute approximate surface area is 101 Å². The van der Waals surface area contributed by atoms with E-state index < -0.39 is 35.3 Å². The Morgan fingerprint density at radius 1 is 0.500 bits per heavy atom. The summed E-state index contributed by atoms with van der Waals surface area (Å²) in [6.45, 7) is 3.01. The zero-order chi connectivity index (χ0) is 15.5. The van der Waals surface area contributed by atoms with E-state index in [1.165, 1.54) is 0 Å². The van der Waals surface area contributed by atoms with Crippen molar-refractivity contribution in [2.75, 3.05) is 0 Å². The van der Waals surface area contributed by atoms with Crippen molar-refractivity contribution in [1.29, 1.82) is 0 Å². The van der Waals surface area contributed by atoms with Gasteiger partial charge in [-0.3, -0.25) is 14.4 Å². The molecule has 9 heteroatoms. The quantitative estimate of drug-likeness (QED) is 0.541. The zero-order valence-corrected chi connectivity index (χ0v) is 9.79. The molecule has 0 unspecified atom stereocenters. The van der Waals surface area contributed by atoms with E-state index in [2.05, 4.69) is 0 Å². The van der Waals surface area contributed by atoms with E-state index in [-0.39, 0.29) is 0 Å². The summed E-state index contributed by atoms with van der Waals surface area (Å²) >= 11 is 0. The van der Waals surface area contributed by atoms with E-state index in [4.69, 9.17) is 15.3 Å². The molecule has 0 bridgehead atoms. The lowest BCUT2D eigenvalue weighted by molar-refractivity contribution is -0.148. The molecule has 0 aromatic rings. The van der Waals surface area contributed by atoms with Crippen molar-refractivity contribution in [3.05, 3.63) is 0 Å². The molecule has 0 aliphatic carbocycles. The molecule has 0 aromatic heterocycles. The maximum absolute atomic E-state index is 9.54. The minimum Gasteiger partial charge on any atom is -0.476 e. The Morgan fingerprint density at radius 2 is 0.556 bits per heavy atom. The number of carbonyl (C=O) groups is 6. The number of Topliss-reactive ketones (excluding diaryl/α,β-unsaturated/α-hetero) is 3. The van der Waals surface area contributed by atoms with Gasteiger partial charge in [0.25, 0.3) is 0 Å². The molecule has 0 atom stereocenters. The van der Waals surface area contributed by atoms with Gasteiger partial charge >= 0.3 is 17.9 Å². The van der Waals surface area contributed by atoms with E-state index in [0.717, 1.165) is 20.8 Å². The number of carboxylic acid groups (broad SMARTS) is 3. The molecule has 0 saturated heterocycles. The first kappa shape index (κ1) is 20.8. The molecule has 9 nitrogen and oxygen atoms in total. The molecule has 0 aromatic carbocycles. The average Bonchev–Trinajstić information content (AvgIpc) is 2.18. The number of rotatable bonds is 3. The highest BCUT2D eigenvalue weighted by atomic mass is 16.4. The lowest BCUT2D eigenvalue weighted by Gasteiger charge is -1.73. The summed E-state index contributed by atoms with van der Waals surface area (Å²) < 4.78 is 0. The maximum Gasteiger partial charge on any atom is 0.371 e. The third-order valence-electron chi connectivity index (χ3n) is 0.904. The normalized spacial score (nSPS) is 7.50. The highest BCUT2D eigenvalue weighted by Crippen LogP contribution is 1.62. The molecule has 0 aliphatic rings. The third-order valence-corrected chi connectivity index (χ3v) is 0.904. The van der Waals surface area contributed by atoms with Crippen LogP contribution in [0.5, 0.6) is 0 Å². The van der Waals surface area contributed by atoms with Crippen molar-refractivity contribution in [3.8, 4) is 0 Å². The summed E-state index contributed by atoms with van der Waals surface area (Å²) in [7, 11) is 0. The highest BCUT2D eigenvalue weighted by Gasteiger charge is 1.99. The fraction of sp³-hybridized carbons (Fsp3) is 0.333. The van der Waals surface area contributed by atoms with Crippen molar-refractivity contribution in [3.63, 3.8) is 0 Å². The number of aliphatic carboxylic acids is 3. The Hall–Kier alpha value is -2.58. The molecule has 0 aliphatic heterocycles. The van der Waals surface area contributed by atoms with Gasteiger partial charge < -0.3 is 15.3 Å². The second kappa shape index (κ2) is 10.9. The van der Waals surface area contributed by atoms with Crippen LogP contribution < -0.4 is 0 Å². The van der Waals surface area contributed by atoms with Gasteiger partial charge in [0, 0.05) is 20.8 Å². The summed E-state index contributed by atoms with van der Waals surface area (Å²) in [6.07, 6.45) is 0. The molecule has 0 saturated carbocycles. The first-order valence-corrected chi connectivity index (χ1v) is 4.15. The van der Waals surface area contributed by atoms with Gasteiger partial charge in [-0.25, -0.2) is 14.4 Å². The van der Waals surface area contributed by atoms with E-state index in [1.807, 2.05) is 0 Å². The fourth-order valence-corrected chi connectivity index (χ4v) is 0. The molecule has 0 radical (unpaired) electrons. The van der Waals surface area contributed by atoms with Crippen LogP contribution in [0.25, 0.3) is 0 Å². The van der Waals surface area contributed by atoms with Crippen LogP contribution in [0, 0.1) is 0 Å². The molecule has 3 N–H and O–H groups in total. The van der Waals surface area contributed by atoms with Crippen molar-refractivity contribution in [2.45, 2.75) is 20.8 Å². The predicted molar refractivity (Wildman–Crippen MR) is 55.0 cm³/mol. The Balaban J connectivity index is -0.000000187. The van der Waals surface area contributed by atoms with Crippen LogP contribution in [0.3, 0.4) is 0 Å². The van der Waals surface area contributed by atoms with Gasteiger partial charge in [-0.2, -0.15) is 0 Å². The lowest BCUT2D eigenvalue weighted by Crippen LogP contribution is -2.05. The van der Waals surface area contributed by atoms with Crippen LogP contribution in [-0.2, 0) is 28.8 Å². The van der Waals surface area contributed by atoms with Crippen molar-refractivity contribution in [1.82, 2.24) is 0 Å². The maximum atomic E-state index is 9.54. The number of hydrogen-bond donors (Lipinski definition) is 3. The molecule has 0 rings (SSSR count). The van der Waals surface area contributed by atoms with E-state index in [9.17, 15) is 28.8 Å². The van der Waals surface area contributed by atoms with Crippen molar-refractivity contribution in [2.24, 2.45) is 0 Å². The number of ketones is 3. The Morgan fingerprint density at radius 3 is 0.556 bits per heavy atom. The monoisotopic (exact) mass is 264 g/mol. The minimum atomic E-state index is -1.38. The first-order chi connectivity index (χ1) is 7.93. The van der Waals surface area contributed by atoms with Crippen LogP contribution in [-0.4, -0.2) is 50.6 Å². The predicted octanol–water partition coefficient (Wildman–Crippen LogP) is -1.02. The zero-order valence-electron chi connectivity index (χ0n) is 9.79. The topological polar surface area (TPSA) is 163 Å². The van der Waals surface area contributed by atoms with Gasteiger partial charge in [0.1, 0.15) is 0 Å². The van der Waals surface area contributed by atoms with Gasteiger partial charge in [-0.1, -0.05) is 0 Å². The standard InChI is InChI=1S/3C3H4O3/c3*1-2(4)3(5)6/h3*1H3,(H,5,6). The minimum absolute atomic E-state index is 0.824. The van der Waals surface area contributed by atoms with Crippen molar-refractivity contribution >= 4 is 35.3 Å². The molecule has 18 heavy (non-hydrogen) atoms. The van der Waals surface area contributed by atoms with E-state index in [0.29, 0.717) is 0 Å². The summed E-state index contributed by atoms with van der Waals surface area (Å²) in [5.41, 5.74) is 0. The molecule has 0 amide bonds. The van der Waals surface area contributed by atoms with E-state index in [1.54, 1.807) is 0 Å². The van der Waals surface area contributed by atoms with E-state index >= 15 is 0 Å². The number of carboxylic acids is 3. The summed E-state index contributed by atoms with van der Waals surface area (Å²) in [5.74, 6) is -6.61. The summed E-state index contributed by atoms with van der Waals surface area (Å²) in [4.78, 5) is 56.7. The van der Waals surface area contributed by atoms with Crippen LogP contribution in [0.1, 0.15) is 20.8 Å². The second-order valence-electron chi connectivity index (χ2n) is 2.58. The Kier molecular flexibility index (Phi) is 12.6. The average molecular weight is 264 g/mol. The summed E-state index contributed by atoms with van der Waals surface area (Å²) in [6, 6.07) is 0. The number of hydrogen-bond acceptors (Lipinski definition) is 6. The van der Waals surface area contributed by atoms with Gasteiger partial charge in [0.2, 0.25) is 17.3 Å². The molecule has 0 fully saturated rings. The van der Waals surface area contributed by atoms with Crippen LogP contribution in [0.2, 0.25) is 0 Å². The molecule has 102 valence electrons. The fourth-order valence-electron chi connectivity index (χ4n) is 0. The molecular weight excluding hydrogens is 252 g/mol. The van der Waals surface area contributed by atoms with Crippen LogP contribution >= 0.6 is 0 Å². The molecular formula is C9H12O9. The molecule has 0 spiro atoms. The van der Waals surface area contributed by atoms with Crippen molar-refractivity contribution < 1.29 is 44.1 Å². The smallest absolute Gasteiger partial charge is 0.371 e. The third kappa shape index (κ3) is 23.3. The van der Waals surface area contributed by atoms with Gasteiger partial charge in [-0.15, -0.1) is 0 Å². The van der Waals surface area contributed by atoms with Gasteiger partial charge in [0.15, 0.2) is 0 Å². The van der Waals surface area contributed by atoms with Crippen LogP contribution in [0.15, 0.2) is 0 Å². The molecule has 0 heterocycles. The second-order valence-corrected chi connectivity index (χ2v) is 2.58. The van der Waals surface area contributed by atoms with Crippen LogP contribution in [0.4, 0.5) is 0 Å². The Bertz CT molecular complexity index is 273.